The molecule has 0 bridgehead atoms. The molecule has 0 aromatic carbocycles. The van der Waals surface area contributed by atoms with E-state index in [9.17, 15) is 9.59 Å². The SMILES string of the molecule is O=C(O)CCc1ccc2n(c1=O)CCCC2. The van der Waals surface area contributed by atoms with E-state index in [4.69, 9.17) is 5.11 Å². The average Bonchev–Trinajstić information content (AvgIpc) is 2.28. The molecule has 1 aliphatic rings. The summed E-state index contributed by atoms with van der Waals surface area (Å²) in [6.45, 7) is 0.773. The first-order valence-electron chi connectivity index (χ1n) is 5.62. The van der Waals surface area contributed by atoms with Crippen LogP contribution in [-0.2, 0) is 24.2 Å². The molecule has 0 spiro atoms. The molecular weight excluding hydrogens is 206 g/mol. The predicted molar refractivity (Wildman–Crippen MR) is 59.6 cm³/mol. The number of aromatic nitrogens is 1. The fourth-order valence-electron chi connectivity index (χ4n) is 2.13. The fraction of sp³-hybridized carbons (Fsp3) is 0.500. The van der Waals surface area contributed by atoms with Gasteiger partial charge in [-0.25, -0.2) is 0 Å². The molecule has 4 nitrogen and oxygen atoms in total. The second kappa shape index (κ2) is 4.51. The summed E-state index contributed by atoms with van der Waals surface area (Å²) in [5.41, 5.74) is 1.70. The monoisotopic (exact) mass is 221 g/mol. The van der Waals surface area contributed by atoms with Crippen LogP contribution in [0, 0.1) is 0 Å². The third kappa shape index (κ3) is 2.15. The molecule has 1 N–H and O–H groups in total. The van der Waals surface area contributed by atoms with Crippen molar-refractivity contribution in [3.8, 4) is 0 Å². The third-order valence-corrected chi connectivity index (χ3v) is 3.02. The Morgan fingerprint density at radius 1 is 1.38 bits per heavy atom. The maximum Gasteiger partial charge on any atom is 0.303 e. The number of fused-ring (bicyclic) bond motifs is 1. The van der Waals surface area contributed by atoms with E-state index in [-0.39, 0.29) is 12.0 Å². The Morgan fingerprint density at radius 3 is 2.94 bits per heavy atom. The quantitative estimate of drug-likeness (QED) is 0.834. The number of rotatable bonds is 3. The Bertz CT molecular complexity index is 462. The maximum absolute atomic E-state index is 12.0. The van der Waals surface area contributed by atoms with Crippen LogP contribution < -0.4 is 5.56 Å². The van der Waals surface area contributed by atoms with Crippen molar-refractivity contribution >= 4 is 5.97 Å². The lowest BCUT2D eigenvalue weighted by Gasteiger charge is -2.18. The topological polar surface area (TPSA) is 59.3 Å². The van der Waals surface area contributed by atoms with Crippen molar-refractivity contribution in [2.24, 2.45) is 0 Å². The molecule has 0 saturated heterocycles. The highest BCUT2D eigenvalue weighted by Crippen LogP contribution is 2.12. The molecule has 1 aliphatic heterocycles. The van der Waals surface area contributed by atoms with Crippen molar-refractivity contribution < 1.29 is 9.90 Å². The van der Waals surface area contributed by atoms with Crippen LogP contribution in [0.25, 0.3) is 0 Å². The van der Waals surface area contributed by atoms with Crippen molar-refractivity contribution in [2.75, 3.05) is 0 Å². The van der Waals surface area contributed by atoms with Crippen LogP contribution >= 0.6 is 0 Å². The Labute approximate surface area is 93.5 Å². The lowest BCUT2D eigenvalue weighted by Crippen LogP contribution is -2.29. The lowest BCUT2D eigenvalue weighted by atomic mass is 10.1. The number of pyridine rings is 1. The normalized spacial score (nSPS) is 14.5. The zero-order valence-electron chi connectivity index (χ0n) is 9.11. The molecule has 0 unspecified atom stereocenters. The van der Waals surface area contributed by atoms with E-state index in [1.165, 1.54) is 0 Å². The van der Waals surface area contributed by atoms with Crippen molar-refractivity contribution in [3.63, 3.8) is 0 Å². The summed E-state index contributed by atoms with van der Waals surface area (Å²) in [6.07, 6.45) is 3.47. The molecule has 4 heteroatoms. The summed E-state index contributed by atoms with van der Waals surface area (Å²) in [4.78, 5) is 22.5. The smallest absolute Gasteiger partial charge is 0.303 e. The largest absolute Gasteiger partial charge is 0.481 e. The number of hydrogen-bond donors (Lipinski definition) is 1. The molecule has 86 valence electrons. The van der Waals surface area contributed by atoms with E-state index < -0.39 is 5.97 Å². The van der Waals surface area contributed by atoms with Gasteiger partial charge in [0, 0.05) is 24.2 Å². The molecular formula is C12H15NO3. The highest BCUT2D eigenvalue weighted by atomic mass is 16.4. The van der Waals surface area contributed by atoms with E-state index in [0.29, 0.717) is 12.0 Å². The number of hydrogen-bond acceptors (Lipinski definition) is 2. The summed E-state index contributed by atoms with van der Waals surface area (Å²) >= 11 is 0. The minimum atomic E-state index is -0.859. The lowest BCUT2D eigenvalue weighted by molar-refractivity contribution is -0.136. The molecule has 2 heterocycles. The Kier molecular flexibility index (Phi) is 3.08. The first-order chi connectivity index (χ1) is 7.68. The molecule has 0 saturated carbocycles. The zero-order valence-corrected chi connectivity index (χ0v) is 9.11. The van der Waals surface area contributed by atoms with Gasteiger partial charge in [-0.05, 0) is 31.7 Å². The van der Waals surface area contributed by atoms with Gasteiger partial charge in [0.15, 0.2) is 0 Å². The van der Waals surface area contributed by atoms with E-state index in [1.807, 2.05) is 6.07 Å². The Hall–Kier alpha value is -1.58. The second-order valence-corrected chi connectivity index (χ2v) is 4.16. The van der Waals surface area contributed by atoms with Crippen LogP contribution in [-0.4, -0.2) is 15.6 Å². The van der Waals surface area contributed by atoms with Gasteiger partial charge in [0.05, 0.1) is 0 Å². The van der Waals surface area contributed by atoms with Gasteiger partial charge in [-0.2, -0.15) is 0 Å². The van der Waals surface area contributed by atoms with Gasteiger partial charge in [-0.15, -0.1) is 0 Å². The summed E-state index contributed by atoms with van der Waals surface area (Å²) < 4.78 is 1.79. The molecule has 1 aromatic rings. The molecule has 1 aromatic heterocycles. The van der Waals surface area contributed by atoms with Gasteiger partial charge in [-0.3, -0.25) is 9.59 Å². The van der Waals surface area contributed by atoms with E-state index in [1.54, 1.807) is 10.6 Å². The molecule has 0 atom stereocenters. The maximum atomic E-state index is 12.0. The number of nitrogens with zero attached hydrogens (tertiary/aromatic N) is 1. The second-order valence-electron chi connectivity index (χ2n) is 4.16. The van der Waals surface area contributed by atoms with Crippen LogP contribution in [0.2, 0.25) is 0 Å². The van der Waals surface area contributed by atoms with Crippen LogP contribution in [0.5, 0.6) is 0 Å². The number of aliphatic carboxylic acids is 1. The first-order valence-corrected chi connectivity index (χ1v) is 5.62. The molecule has 16 heavy (non-hydrogen) atoms. The summed E-state index contributed by atoms with van der Waals surface area (Å²) in [6, 6.07) is 3.74. The van der Waals surface area contributed by atoms with Crippen molar-refractivity contribution in [2.45, 2.75) is 38.6 Å². The average molecular weight is 221 g/mol. The Morgan fingerprint density at radius 2 is 2.19 bits per heavy atom. The number of carbonyl (C=O) groups is 1. The van der Waals surface area contributed by atoms with E-state index in [2.05, 4.69) is 0 Å². The van der Waals surface area contributed by atoms with Gasteiger partial charge in [-0.1, -0.05) is 6.07 Å². The predicted octanol–water partition coefficient (Wildman–Crippen LogP) is 1.20. The van der Waals surface area contributed by atoms with Crippen LogP contribution in [0.3, 0.4) is 0 Å². The number of carboxylic acid groups (broad SMARTS) is 1. The Balaban J connectivity index is 2.27. The summed E-state index contributed by atoms with van der Waals surface area (Å²) in [7, 11) is 0. The van der Waals surface area contributed by atoms with E-state index >= 15 is 0 Å². The highest BCUT2D eigenvalue weighted by molar-refractivity contribution is 5.67. The molecule has 0 aliphatic carbocycles. The van der Waals surface area contributed by atoms with Crippen molar-refractivity contribution in [1.82, 2.24) is 4.57 Å². The highest BCUT2D eigenvalue weighted by Gasteiger charge is 2.12. The third-order valence-electron chi connectivity index (χ3n) is 3.02. The van der Waals surface area contributed by atoms with Gasteiger partial charge in [0.2, 0.25) is 0 Å². The molecule has 0 amide bonds. The molecule has 0 fully saturated rings. The van der Waals surface area contributed by atoms with Crippen LogP contribution in [0.15, 0.2) is 16.9 Å². The van der Waals surface area contributed by atoms with Gasteiger partial charge >= 0.3 is 5.97 Å². The van der Waals surface area contributed by atoms with Gasteiger partial charge in [0.25, 0.3) is 5.56 Å². The van der Waals surface area contributed by atoms with E-state index in [0.717, 1.165) is 31.5 Å². The number of carboxylic acids is 1. The summed E-state index contributed by atoms with van der Waals surface area (Å²) in [5, 5.41) is 8.60. The van der Waals surface area contributed by atoms with Gasteiger partial charge in [0.1, 0.15) is 0 Å². The minimum Gasteiger partial charge on any atom is -0.481 e. The molecule has 2 rings (SSSR count). The van der Waals surface area contributed by atoms with Crippen LogP contribution in [0.1, 0.15) is 30.5 Å². The number of aryl methyl sites for hydroxylation is 2. The van der Waals surface area contributed by atoms with Crippen molar-refractivity contribution in [1.29, 1.82) is 0 Å². The molecule has 0 radical (unpaired) electrons. The standard InChI is InChI=1S/C12H15NO3/c14-11(15)7-5-9-4-6-10-3-1-2-8-13(10)12(9)16/h4,6H,1-3,5,7-8H2,(H,14,15). The summed E-state index contributed by atoms with van der Waals surface area (Å²) in [5.74, 6) is -0.859. The zero-order chi connectivity index (χ0) is 11.5. The fourth-order valence-corrected chi connectivity index (χ4v) is 2.13. The van der Waals surface area contributed by atoms with Gasteiger partial charge < -0.3 is 9.67 Å². The minimum absolute atomic E-state index is 0.00144. The van der Waals surface area contributed by atoms with Crippen LogP contribution in [0.4, 0.5) is 0 Å². The first kappa shape index (κ1) is 10.9. The van der Waals surface area contributed by atoms with Crippen molar-refractivity contribution in [3.05, 3.63) is 33.7 Å².